The SMILES string of the molecule is CCCNC1C(CN(CCO)C(CC)CC)CCC1(C)C. The van der Waals surface area contributed by atoms with Crippen LogP contribution in [0.15, 0.2) is 0 Å². The smallest absolute Gasteiger partial charge is 0.0558 e. The molecular weight excluding hydrogens is 260 g/mol. The molecule has 126 valence electrons. The van der Waals surface area contributed by atoms with Crippen molar-refractivity contribution in [3.63, 3.8) is 0 Å². The molecule has 1 aliphatic rings. The first-order valence-corrected chi connectivity index (χ1v) is 9.08. The summed E-state index contributed by atoms with van der Waals surface area (Å²) in [5, 5.41) is 13.2. The van der Waals surface area contributed by atoms with E-state index in [4.69, 9.17) is 0 Å². The minimum atomic E-state index is 0.277. The summed E-state index contributed by atoms with van der Waals surface area (Å²) in [6.07, 6.45) is 6.19. The molecule has 0 aromatic carbocycles. The quantitative estimate of drug-likeness (QED) is 0.650. The minimum Gasteiger partial charge on any atom is -0.395 e. The average molecular weight is 299 g/mol. The van der Waals surface area contributed by atoms with Gasteiger partial charge in [0.2, 0.25) is 0 Å². The zero-order valence-corrected chi connectivity index (χ0v) is 15.0. The molecule has 0 aliphatic heterocycles. The first-order chi connectivity index (χ1) is 10.00. The second kappa shape index (κ2) is 9.12. The monoisotopic (exact) mass is 298 g/mol. The molecule has 0 aromatic rings. The summed E-state index contributed by atoms with van der Waals surface area (Å²) in [6.45, 7) is 15.0. The van der Waals surface area contributed by atoms with Gasteiger partial charge >= 0.3 is 0 Å². The Hall–Kier alpha value is -0.120. The Balaban J connectivity index is 2.71. The molecule has 0 amide bonds. The summed E-state index contributed by atoms with van der Waals surface area (Å²) in [4.78, 5) is 2.53. The predicted octanol–water partition coefficient (Wildman–Crippen LogP) is 3.27. The third kappa shape index (κ3) is 5.22. The molecule has 0 bridgehead atoms. The van der Waals surface area contributed by atoms with E-state index in [9.17, 15) is 5.11 Å². The van der Waals surface area contributed by atoms with Crippen LogP contribution in [-0.2, 0) is 0 Å². The molecule has 0 aromatic heterocycles. The molecule has 2 unspecified atom stereocenters. The number of aliphatic hydroxyl groups is 1. The van der Waals surface area contributed by atoms with Gasteiger partial charge in [0.25, 0.3) is 0 Å². The van der Waals surface area contributed by atoms with Crippen LogP contribution in [0.5, 0.6) is 0 Å². The van der Waals surface area contributed by atoms with E-state index in [2.05, 4.69) is 44.8 Å². The van der Waals surface area contributed by atoms with Gasteiger partial charge in [0.05, 0.1) is 6.61 Å². The van der Waals surface area contributed by atoms with E-state index in [1.165, 1.54) is 32.1 Å². The summed E-state index contributed by atoms with van der Waals surface area (Å²) in [5.74, 6) is 0.721. The summed E-state index contributed by atoms with van der Waals surface area (Å²) >= 11 is 0. The fourth-order valence-electron chi connectivity index (χ4n) is 4.11. The molecule has 1 rings (SSSR count). The Kier molecular flexibility index (Phi) is 8.22. The first-order valence-electron chi connectivity index (χ1n) is 9.08. The molecule has 1 fully saturated rings. The lowest BCUT2D eigenvalue weighted by molar-refractivity contribution is 0.110. The van der Waals surface area contributed by atoms with Crippen molar-refractivity contribution in [1.82, 2.24) is 10.2 Å². The standard InChI is InChI=1S/C18H38N2O/c1-6-11-19-17-15(9-10-18(17,4)5)14-20(12-13-21)16(7-2)8-3/h15-17,19,21H,6-14H2,1-5H3. The van der Waals surface area contributed by atoms with Gasteiger partial charge in [0, 0.05) is 25.2 Å². The van der Waals surface area contributed by atoms with Crippen LogP contribution in [0.3, 0.4) is 0 Å². The fraction of sp³-hybridized carbons (Fsp3) is 1.00. The summed E-state index contributed by atoms with van der Waals surface area (Å²) < 4.78 is 0. The minimum absolute atomic E-state index is 0.277. The van der Waals surface area contributed by atoms with Gasteiger partial charge in [-0.3, -0.25) is 4.90 Å². The maximum atomic E-state index is 9.40. The lowest BCUT2D eigenvalue weighted by Gasteiger charge is -2.37. The van der Waals surface area contributed by atoms with Gasteiger partial charge in [-0.15, -0.1) is 0 Å². The van der Waals surface area contributed by atoms with E-state index in [1.807, 2.05) is 0 Å². The predicted molar refractivity (Wildman–Crippen MR) is 91.6 cm³/mol. The Bertz CT molecular complexity index is 276. The van der Waals surface area contributed by atoms with Crippen molar-refractivity contribution >= 4 is 0 Å². The van der Waals surface area contributed by atoms with Gasteiger partial charge in [0.15, 0.2) is 0 Å². The normalized spacial score (nSPS) is 25.1. The van der Waals surface area contributed by atoms with Crippen molar-refractivity contribution in [1.29, 1.82) is 0 Å². The highest BCUT2D eigenvalue weighted by Crippen LogP contribution is 2.41. The van der Waals surface area contributed by atoms with Crippen molar-refractivity contribution in [2.45, 2.75) is 78.8 Å². The second-order valence-corrected chi connectivity index (χ2v) is 7.41. The molecular formula is C18H38N2O. The Morgan fingerprint density at radius 1 is 1.24 bits per heavy atom. The van der Waals surface area contributed by atoms with Crippen LogP contribution < -0.4 is 5.32 Å². The van der Waals surface area contributed by atoms with Gasteiger partial charge in [-0.1, -0.05) is 34.6 Å². The third-order valence-corrected chi connectivity index (χ3v) is 5.40. The summed E-state index contributed by atoms with van der Waals surface area (Å²) in [7, 11) is 0. The maximum Gasteiger partial charge on any atom is 0.0558 e. The highest BCUT2D eigenvalue weighted by molar-refractivity contribution is 4.97. The fourth-order valence-corrected chi connectivity index (χ4v) is 4.11. The van der Waals surface area contributed by atoms with E-state index in [-0.39, 0.29) is 6.61 Å². The van der Waals surface area contributed by atoms with Crippen molar-refractivity contribution in [2.75, 3.05) is 26.2 Å². The van der Waals surface area contributed by atoms with E-state index >= 15 is 0 Å². The van der Waals surface area contributed by atoms with E-state index in [0.29, 0.717) is 17.5 Å². The van der Waals surface area contributed by atoms with Gasteiger partial charge in [-0.05, 0) is 50.0 Å². The number of nitrogens with zero attached hydrogens (tertiary/aromatic N) is 1. The van der Waals surface area contributed by atoms with Crippen molar-refractivity contribution < 1.29 is 5.11 Å². The van der Waals surface area contributed by atoms with Gasteiger partial charge < -0.3 is 10.4 Å². The van der Waals surface area contributed by atoms with Crippen molar-refractivity contribution in [2.24, 2.45) is 11.3 Å². The van der Waals surface area contributed by atoms with Crippen LogP contribution in [0.4, 0.5) is 0 Å². The van der Waals surface area contributed by atoms with Crippen molar-refractivity contribution in [3.8, 4) is 0 Å². The molecule has 3 nitrogen and oxygen atoms in total. The topological polar surface area (TPSA) is 35.5 Å². The Labute approximate surface area is 132 Å². The maximum absolute atomic E-state index is 9.40. The van der Waals surface area contributed by atoms with Crippen LogP contribution in [0, 0.1) is 11.3 Å². The lowest BCUT2D eigenvalue weighted by atomic mass is 9.84. The molecule has 1 aliphatic carbocycles. The molecule has 21 heavy (non-hydrogen) atoms. The highest BCUT2D eigenvalue weighted by Gasteiger charge is 2.42. The molecule has 0 saturated heterocycles. The van der Waals surface area contributed by atoms with Gasteiger partial charge in [-0.2, -0.15) is 0 Å². The Morgan fingerprint density at radius 2 is 1.90 bits per heavy atom. The van der Waals surface area contributed by atoms with E-state index in [0.717, 1.165) is 25.6 Å². The zero-order valence-electron chi connectivity index (χ0n) is 15.0. The third-order valence-electron chi connectivity index (χ3n) is 5.40. The number of aliphatic hydroxyl groups excluding tert-OH is 1. The highest BCUT2D eigenvalue weighted by atomic mass is 16.3. The molecule has 0 heterocycles. The second-order valence-electron chi connectivity index (χ2n) is 7.41. The van der Waals surface area contributed by atoms with Crippen molar-refractivity contribution in [3.05, 3.63) is 0 Å². The van der Waals surface area contributed by atoms with Crippen LogP contribution in [-0.4, -0.2) is 48.3 Å². The van der Waals surface area contributed by atoms with Crippen LogP contribution in [0.1, 0.15) is 66.7 Å². The molecule has 1 saturated carbocycles. The van der Waals surface area contributed by atoms with Crippen LogP contribution >= 0.6 is 0 Å². The summed E-state index contributed by atoms with van der Waals surface area (Å²) in [6, 6.07) is 1.24. The van der Waals surface area contributed by atoms with E-state index in [1.54, 1.807) is 0 Å². The molecule has 2 N–H and O–H groups in total. The number of nitrogens with one attached hydrogen (secondary N) is 1. The lowest BCUT2D eigenvalue weighted by Crippen LogP contribution is -2.48. The zero-order chi connectivity index (χ0) is 15.9. The summed E-state index contributed by atoms with van der Waals surface area (Å²) in [5.41, 5.74) is 0.401. The molecule has 3 heteroatoms. The molecule has 0 radical (unpaired) electrons. The van der Waals surface area contributed by atoms with Gasteiger partial charge in [0.1, 0.15) is 0 Å². The average Bonchev–Trinajstić information content (AvgIpc) is 2.73. The largest absolute Gasteiger partial charge is 0.395 e. The molecule has 0 spiro atoms. The van der Waals surface area contributed by atoms with Gasteiger partial charge in [-0.25, -0.2) is 0 Å². The van der Waals surface area contributed by atoms with Crippen LogP contribution in [0.25, 0.3) is 0 Å². The van der Waals surface area contributed by atoms with Crippen LogP contribution in [0.2, 0.25) is 0 Å². The van der Waals surface area contributed by atoms with E-state index < -0.39 is 0 Å². The number of hydrogen-bond acceptors (Lipinski definition) is 3. The Morgan fingerprint density at radius 3 is 2.43 bits per heavy atom. The number of hydrogen-bond donors (Lipinski definition) is 2. The first kappa shape index (κ1) is 18.9. The molecule has 2 atom stereocenters. The number of rotatable bonds is 10.